The Labute approximate surface area is 310 Å². The van der Waals surface area contributed by atoms with Crippen LogP contribution in [0.4, 0.5) is 0 Å². The summed E-state index contributed by atoms with van der Waals surface area (Å²) < 4.78 is 4.87. The number of fused-ring (bicyclic) bond motifs is 10. The molecule has 1 aliphatic heterocycles. The zero-order chi connectivity index (χ0) is 34.6. The SMILES string of the molecule is c1ccc(-n2c3ccccc3c3c(-c4ccc5c(c4)Sc4cc6c(c7cccc-5c47)c4ccccc4n6-c4ccc5ccccc5c4)cccc32)cc1. The Hall–Kier alpha value is -6.55. The number of aromatic nitrogens is 2. The molecule has 0 aliphatic carbocycles. The number of rotatable bonds is 3. The van der Waals surface area contributed by atoms with Crippen molar-refractivity contribution in [2.75, 3.05) is 0 Å². The summed E-state index contributed by atoms with van der Waals surface area (Å²) in [6.07, 6.45) is 0. The fraction of sp³-hybridized carbons (Fsp3) is 0. The molecule has 0 atom stereocenters. The fourth-order valence-corrected chi connectivity index (χ4v) is 10.2. The van der Waals surface area contributed by atoms with Crippen molar-refractivity contribution in [2.24, 2.45) is 0 Å². The Morgan fingerprint density at radius 3 is 1.83 bits per heavy atom. The Morgan fingerprint density at radius 2 is 0.981 bits per heavy atom. The van der Waals surface area contributed by atoms with Gasteiger partial charge in [-0.25, -0.2) is 0 Å². The summed E-state index contributed by atoms with van der Waals surface area (Å²) in [5, 5.41) is 10.3. The summed E-state index contributed by atoms with van der Waals surface area (Å²) in [7, 11) is 0. The summed E-state index contributed by atoms with van der Waals surface area (Å²) in [4.78, 5) is 2.59. The minimum Gasteiger partial charge on any atom is -0.309 e. The second-order valence-electron chi connectivity index (χ2n) is 14.1. The molecular formula is C50H30N2S. The lowest BCUT2D eigenvalue weighted by atomic mass is 9.93. The van der Waals surface area contributed by atoms with Crippen molar-refractivity contribution >= 4 is 76.9 Å². The van der Waals surface area contributed by atoms with Gasteiger partial charge >= 0.3 is 0 Å². The monoisotopic (exact) mass is 690 g/mol. The first kappa shape index (κ1) is 29.1. The third-order valence-electron chi connectivity index (χ3n) is 11.3. The second kappa shape index (κ2) is 11.0. The van der Waals surface area contributed by atoms with Crippen LogP contribution in [0.15, 0.2) is 192 Å². The first-order chi connectivity index (χ1) is 26.3. The van der Waals surface area contributed by atoms with Crippen molar-refractivity contribution in [3.05, 3.63) is 182 Å². The van der Waals surface area contributed by atoms with Crippen molar-refractivity contribution in [2.45, 2.75) is 9.79 Å². The van der Waals surface area contributed by atoms with Crippen LogP contribution >= 0.6 is 11.8 Å². The lowest BCUT2D eigenvalue weighted by Gasteiger charge is -2.22. The molecule has 0 spiro atoms. The third kappa shape index (κ3) is 4.11. The highest BCUT2D eigenvalue weighted by Crippen LogP contribution is 2.52. The van der Waals surface area contributed by atoms with Crippen LogP contribution in [0, 0.1) is 0 Å². The molecule has 3 heteroatoms. The van der Waals surface area contributed by atoms with Crippen LogP contribution in [0.1, 0.15) is 0 Å². The van der Waals surface area contributed by atoms with E-state index in [0.717, 1.165) is 0 Å². The number of benzene rings is 9. The number of nitrogens with zero attached hydrogens (tertiary/aromatic N) is 2. The van der Waals surface area contributed by atoms with Crippen LogP contribution in [-0.4, -0.2) is 9.13 Å². The van der Waals surface area contributed by atoms with Crippen molar-refractivity contribution in [1.82, 2.24) is 9.13 Å². The predicted molar refractivity (Wildman–Crippen MR) is 225 cm³/mol. The van der Waals surface area contributed by atoms with Gasteiger partial charge in [-0.15, -0.1) is 0 Å². The van der Waals surface area contributed by atoms with Crippen LogP contribution in [0.25, 0.3) is 98.8 Å². The van der Waals surface area contributed by atoms with Gasteiger partial charge in [-0.3, -0.25) is 0 Å². The third-order valence-corrected chi connectivity index (χ3v) is 12.4. The van der Waals surface area contributed by atoms with E-state index in [2.05, 4.69) is 191 Å². The van der Waals surface area contributed by atoms with Gasteiger partial charge < -0.3 is 9.13 Å². The molecule has 0 amide bonds. The fourth-order valence-electron chi connectivity index (χ4n) is 9.03. The standard InChI is InChI=1S/C50H30N2S/c1-2-14-34(15-3-1)51-42-21-8-6-16-39(42)48-36(18-11-23-44(48)51)33-25-27-37-38-19-10-20-41-49-40-17-7-9-22-43(40)52(35-26-24-31-12-4-5-13-32(31)28-35)45(49)30-47(50(38)41)53-46(37)29-33/h1-30H. The number of hydrogen-bond acceptors (Lipinski definition) is 1. The Bertz CT molecular complexity index is 3310. The first-order valence-electron chi connectivity index (χ1n) is 18.2. The van der Waals surface area contributed by atoms with Crippen LogP contribution in [0.3, 0.4) is 0 Å². The second-order valence-corrected chi connectivity index (χ2v) is 15.2. The molecule has 0 saturated carbocycles. The van der Waals surface area contributed by atoms with Gasteiger partial charge in [0, 0.05) is 48.1 Å². The molecule has 11 aromatic rings. The van der Waals surface area contributed by atoms with Gasteiger partial charge in [-0.1, -0.05) is 139 Å². The Balaban J connectivity index is 1.08. The first-order valence-corrected chi connectivity index (χ1v) is 19.0. The summed E-state index contributed by atoms with van der Waals surface area (Å²) in [5.74, 6) is 0. The van der Waals surface area contributed by atoms with E-state index >= 15 is 0 Å². The largest absolute Gasteiger partial charge is 0.309 e. The molecule has 3 heterocycles. The molecule has 53 heavy (non-hydrogen) atoms. The van der Waals surface area contributed by atoms with Crippen LogP contribution in [-0.2, 0) is 0 Å². The number of para-hydroxylation sites is 3. The maximum absolute atomic E-state index is 2.47. The van der Waals surface area contributed by atoms with Crippen molar-refractivity contribution in [3.8, 4) is 33.6 Å². The van der Waals surface area contributed by atoms with Gasteiger partial charge in [-0.05, 0) is 93.0 Å². The van der Waals surface area contributed by atoms with Gasteiger partial charge in [0.05, 0.1) is 22.1 Å². The molecule has 0 N–H and O–H groups in total. The van der Waals surface area contributed by atoms with Crippen LogP contribution in [0.2, 0.25) is 0 Å². The van der Waals surface area contributed by atoms with E-state index in [-0.39, 0.29) is 0 Å². The lowest BCUT2D eigenvalue weighted by molar-refractivity contribution is 1.18. The molecule has 0 bridgehead atoms. The van der Waals surface area contributed by atoms with E-state index in [0.29, 0.717) is 0 Å². The molecule has 9 aromatic carbocycles. The average molecular weight is 691 g/mol. The summed E-state index contributed by atoms with van der Waals surface area (Å²) in [6, 6.07) is 67.1. The van der Waals surface area contributed by atoms with Gasteiger partial charge in [0.2, 0.25) is 0 Å². The van der Waals surface area contributed by atoms with E-state index in [1.807, 2.05) is 11.8 Å². The molecule has 0 unspecified atom stereocenters. The molecule has 2 nitrogen and oxygen atoms in total. The lowest BCUT2D eigenvalue weighted by Crippen LogP contribution is -1.97. The van der Waals surface area contributed by atoms with Crippen molar-refractivity contribution in [3.63, 3.8) is 0 Å². The molecule has 0 fully saturated rings. The van der Waals surface area contributed by atoms with E-state index < -0.39 is 0 Å². The topological polar surface area (TPSA) is 9.86 Å². The average Bonchev–Trinajstić information content (AvgIpc) is 3.74. The molecule has 1 aliphatic rings. The Kier molecular flexibility index (Phi) is 6.02. The van der Waals surface area contributed by atoms with Crippen LogP contribution in [0.5, 0.6) is 0 Å². The maximum Gasteiger partial charge on any atom is 0.0558 e. The van der Waals surface area contributed by atoms with E-state index in [1.54, 1.807) is 0 Å². The van der Waals surface area contributed by atoms with E-state index in [9.17, 15) is 0 Å². The van der Waals surface area contributed by atoms with Crippen molar-refractivity contribution in [1.29, 1.82) is 0 Å². The highest BCUT2D eigenvalue weighted by atomic mass is 32.2. The highest BCUT2D eigenvalue weighted by Gasteiger charge is 2.25. The maximum atomic E-state index is 2.47. The summed E-state index contributed by atoms with van der Waals surface area (Å²) in [6.45, 7) is 0. The smallest absolute Gasteiger partial charge is 0.0558 e. The van der Waals surface area contributed by atoms with Crippen molar-refractivity contribution < 1.29 is 0 Å². The molecule has 0 saturated heterocycles. The quantitative estimate of drug-likeness (QED) is 0.179. The van der Waals surface area contributed by atoms with E-state index in [4.69, 9.17) is 0 Å². The minimum atomic E-state index is 1.17. The molecule has 0 radical (unpaired) electrons. The zero-order valence-electron chi connectivity index (χ0n) is 28.6. The van der Waals surface area contributed by atoms with Gasteiger partial charge in [-0.2, -0.15) is 0 Å². The minimum absolute atomic E-state index is 1.17. The molecule has 2 aromatic heterocycles. The van der Waals surface area contributed by atoms with Gasteiger partial charge in [0.15, 0.2) is 0 Å². The molecular weight excluding hydrogens is 661 g/mol. The predicted octanol–water partition coefficient (Wildman–Crippen LogP) is 14.0. The molecule has 246 valence electrons. The summed E-state index contributed by atoms with van der Waals surface area (Å²) >= 11 is 1.91. The van der Waals surface area contributed by atoms with Crippen LogP contribution < -0.4 is 0 Å². The molecule has 12 rings (SSSR count). The number of hydrogen-bond donors (Lipinski definition) is 0. The van der Waals surface area contributed by atoms with E-state index in [1.165, 1.54) is 109 Å². The summed E-state index contributed by atoms with van der Waals surface area (Å²) in [5.41, 5.74) is 12.4. The highest BCUT2D eigenvalue weighted by molar-refractivity contribution is 7.99. The van der Waals surface area contributed by atoms with Gasteiger partial charge in [0.25, 0.3) is 0 Å². The normalized spacial score (nSPS) is 12.5. The zero-order valence-corrected chi connectivity index (χ0v) is 29.4. The van der Waals surface area contributed by atoms with Gasteiger partial charge in [0.1, 0.15) is 0 Å². The Morgan fingerprint density at radius 1 is 0.321 bits per heavy atom.